The van der Waals surface area contributed by atoms with Crippen LogP contribution in [0.1, 0.15) is 29.7 Å². The summed E-state index contributed by atoms with van der Waals surface area (Å²) in [4.78, 5) is 0. The fraction of sp³-hybridized carbons (Fsp3) is 0.250. The van der Waals surface area contributed by atoms with Crippen LogP contribution in [0.4, 0.5) is 13.2 Å². The first-order chi connectivity index (χ1) is 9.92. The number of hydrogen-bond acceptors (Lipinski definition) is 1. The minimum atomic E-state index is -1.18. The van der Waals surface area contributed by atoms with Crippen LogP contribution in [-0.2, 0) is 0 Å². The van der Waals surface area contributed by atoms with Crippen LogP contribution in [0.25, 0.3) is 0 Å². The number of nitrogens with one attached hydrogen (secondary N) is 1. The molecule has 0 saturated heterocycles. The standard InChI is InChI=1S/C16H15BrF3N/c1-3-21-16(10-4-9(2)5-11(17)6-10)12-7-14(19)15(20)8-13(12)18/h4-8,16,21H,3H2,1-2H3. The summed E-state index contributed by atoms with van der Waals surface area (Å²) < 4.78 is 41.4. The van der Waals surface area contributed by atoms with Crippen molar-refractivity contribution in [2.75, 3.05) is 6.54 Å². The van der Waals surface area contributed by atoms with Crippen molar-refractivity contribution in [3.8, 4) is 0 Å². The summed E-state index contributed by atoms with van der Waals surface area (Å²) >= 11 is 3.39. The molecule has 0 aromatic heterocycles. The quantitative estimate of drug-likeness (QED) is 0.769. The molecule has 2 aromatic rings. The van der Waals surface area contributed by atoms with Gasteiger partial charge in [-0.15, -0.1) is 0 Å². The van der Waals surface area contributed by atoms with E-state index in [0.29, 0.717) is 12.6 Å². The lowest BCUT2D eigenvalue weighted by molar-refractivity contribution is 0.481. The Bertz CT molecular complexity index is 638. The summed E-state index contributed by atoms with van der Waals surface area (Å²) in [6.07, 6.45) is 0. The van der Waals surface area contributed by atoms with Crippen LogP contribution >= 0.6 is 15.9 Å². The Labute approximate surface area is 130 Å². The highest BCUT2D eigenvalue weighted by atomic mass is 79.9. The molecule has 0 aliphatic carbocycles. The largest absolute Gasteiger partial charge is 0.306 e. The van der Waals surface area contributed by atoms with Gasteiger partial charge in [0.25, 0.3) is 0 Å². The number of halogens is 4. The molecule has 1 atom stereocenters. The van der Waals surface area contributed by atoms with Crippen molar-refractivity contribution in [1.82, 2.24) is 5.32 Å². The summed E-state index contributed by atoms with van der Waals surface area (Å²) in [5.41, 5.74) is 1.87. The van der Waals surface area contributed by atoms with Gasteiger partial charge in [-0.05, 0) is 42.8 Å². The van der Waals surface area contributed by atoms with Crippen molar-refractivity contribution < 1.29 is 13.2 Å². The molecular weight excluding hydrogens is 343 g/mol. The zero-order valence-corrected chi connectivity index (χ0v) is 13.3. The fourth-order valence-electron chi connectivity index (χ4n) is 2.30. The molecule has 112 valence electrons. The second-order valence-electron chi connectivity index (χ2n) is 4.84. The normalized spacial score (nSPS) is 12.5. The summed E-state index contributed by atoms with van der Waals surface area (Å²) in [5.74, 6) is -3.00. The molecule has 0 spiro atoms. The maximum absolute atomic E-state index is 14.0. The molecule has 5 heteroatoms. The van der Waals surface area contributed by atoms with Gasteiger partial charge in [-0.2, -0.15) is 0 Å². The lowest BCUT2D eigenvalue weighted by Gasteiger charge is -2.20. The van der Waals surface area contributed by atoms with Gasteiger partial charge in [0.15, 0.2) is 11.6 Å². The minimum Gasteiger partial charge on any atom is -0.306 e. The van der Waals surface area contributed by atoms with Crippen LogP contribution in [0.5, 0.6) is 0 Å². The summed E-state index contributed by atoms with van der Waals surface area (Å²) in [6.45, 7) is 4.35. The monoisotopic (exact) mass is 357 g/mol. The van der Waals surface area contributed by atoms with Gasteiger partial charge in [-0.1, -0.05) is 28.9 Å². The first-order valence-electron chi connectivity index (χ1n) is 6.57. The molecule has 0 radical (unpaired) electrons. The smallest absolute Gasteiger partial charge is 0.161 e. The van der Waals surface area contributed by atoms with E-state index in [-0.39, 0.29) is 5.56 Å². The first kappa shape index (κ1) is 16.0. The lowest BCUT2D eigenvalue weighted by Crippen LogP contribution is -2.23. The average molecular weight is 358 g/mol. The minimum absolute atomic E-state index is 0.0910. The fourth-order valence-corrected chi connectivity index (χ4v) is 2.93. The molecule has 0 amide bonds. The van der Waals surface area contributed by atoms with Crippen molar-refractivity contribution in [2.45, 2.75) is 19.9 Å². The van der Waals surface area contributed by atoms with E-state index in [9.17, 15) is 13.2 Å². The summed E-state index contributed by atoms with van der Waals surface area (Å²) in [7, 11) is 0. The van der Waals surface area contributed by atoms with E-state index in [2.05, 4.69) is 21.2 Å². The zero-order chi connectivity index (χ0) is 15.6. The highest BCUT2D eigenvalue weighted by molar-refractivity contribution is 9.10. The molecule has 0 saturated carbocycles. The van der Waals surface area contributed by atoms with Gasteiger partial charge in [0, 0.05) is 16.1 Å². The number of benzene rings is 2. The maximum Gasteiger partial charge on any atom is 0.161 e. The second kappa shape index (κ2) is 6.62. The van der Waals surface area contributed by atoms with Crippen LogP contribution < -0.4 is 5.32 Å². The Kier molecular flexibility index (Phi) is 5.06. The van der Waals surface area contributed by atoms with Crippen LogP contribution in [0, 0.1) is 24.4 Å². The third-order valence-electron chi connectivity index (χ3n) is 3.16. The van der Waals surface area contributed by atoms with E-state index in [1.807, 2.05) is 32.0 Å². The van der Waals surface area contributed by atoms with Gasteiger partial charge in [0.05, 0.1) is 6.04 Å². The molecule has 2 rings (SSSR count). The van der Waals surface area contributed by atoms with E-state index < -0.39 is 23.5 Å². The predicted molar refractivity (Wildman–Crippen MR) is 80.7 cm³/mol. The molecule has 1 unspecified atom stereocenters. The van der Waals surface area contributed by atoms with E-state index >= 15 is 0 Å². The van der Waals surface area contributed by atoms with E-state index in [0.717, 1.165) is 21.7 Å². The van der Waals surface area contributed by atoms with Crippen molar-refractivity contribution in [3.63, 3.8) is 0 Å². The van der Waals surface area contributed by atoms with Crippen LogP contribution in [0.3, 0.4) is 0 Å². The molecule has 2 aromatic carbocycles. The van der Waals surface area contributed by atoms with Crippen LogP contribution in [0.15, 0.2) is 34.8 Å². The van der Waals surface area contributed by atoms with Gasteiger partial charge >= 0.3 is 0 Å². The van der Waals surface area contributed by atoms with Crippen molar-refractivity contribution >= 4 is 15.9 Å². The Hall–Kier alpha value is -1.33. The van der Waals surface area contributed by atoms with Crippen molar-refractivity contribution in [3.05, 3.63) is 68.9 Å². The molecule has 0 aliphatic rings. The van der Waals surface area contributed by atoms with Gasteiger partial charge < -0.3 is 5.32 Å². The van der Waals surface area contributed by atoms with E-state index in [1.54, 1.807) is 0 Å². The Morgan fingerprint density at radius 3 is 2.29 bits per heavy atom. The second-order valence-corrected chi connectivity index (χ2v) is 5.76. The molecular formula is C16H15BrF3N. The number of rotatable bonds is 4. The molecule has 0 fully saturated rings. The average Bonchev–Trinajstić information content (AvgIpc) is 2.39. The Morgan fingerprint density at radius 2 is 1.67 bits per heavy atom. The van der Waals surface area contributed by atoms with Gasteiger partial charge in [0.1, 0.15) is 5.82 Å². The van der Waals surface area contributed by atoms with Crippen molar-refractivity contribution in [2.24, 2.45) is 0 Å². The van der Waals surface area contributed by atoms with Gasteiger partial charge in [-0.25, -0.2) is 13.2 Å². The highest BCUT2D eigenvalue weighted by Gasteiger charge is 2.20. The first-order valence-corrected chi connectivity index (χ1v) is 7.36. The number of hydrogen-bond donors (Lipinski definition) is 1. The third-order valence-corrected chi connectivity index (χ3v) is 3.61. The Morgan fingerprint density at radius 1 is 1.00 bits per heavy atom. The van der Waals surface area contributed by atoms with Crippen LogP contribution in [-0.4, -0.2) is 6.54 Å². The molecule has 0 bridgehead atoms. The van der Waals surface area contributed by atoms with E-state index in [4.69, 9.17) is 0 Å². The third kappa shape index (κ3) is 3.66. The molecule has 1 N–H and O–H groups in total. The summed E-state index contributed by atoms with van der Waals surface area (Å²) in [5, 5.41) is 3.11. The highest BCUT2D eigenvalue weighted by Crippen LogP contribution is 2.29. The Balaban J connectivity index is 2.55. The molecule has 0 aliphatic heterocycles. The van der Waals surface area contributed by atoms with Crippen LogP contribution in [0.2, 0.25) is 0 Å². The lowest BCUT2D eigenvalue weighted by atomic mass is 9.96. The number of aryl methyl sites for hydroxylation is 1. The van der Waals surface area contributed by atoms with Gasteiger partial charge in [0.2, 0.25) is 0 Å². The van der Waals surface area contributed by atoms with Crippen molar-refractivity contribution in [1.29, 1.82) is 0 Å². The SMILES string of the molecule is CCNC(c1cc(C)cc(Br)c1)c1cc(F)c(F)cc1F. The molecule has 21 heavy (non-hydrogen) atoms. The zero-order valence-electron chi connectivity index (χ0n) is 11.7. The maximum atomic E-state index is 14.0. The van der Waals surface area contributed by atoms with E-state index in [1.165, 1.54) is 0 Å². The molecule has 0 heterocycles. The predicted octanol–water partition coefficient (Wildman–Crippen LogP) is 4.87. The summed E-state index contributed by atoms with van der Waals surface area (Å²) in [6, 6.07) is 6.60. The topological polar surface area (TPSA) is 12.0 Å². The molecule has 1 nitrogen and oxygen atoms in total. The van der Waals surface area contributed by atoms with Gasteiger partial charge in [-0.3, -0.25) is 0 Å².